The molecule has 0 bridgehead atoms. The van der Waals surface area contributed by atoms with E-state index in [1.54, 1.807) is 6.33 Å². The van der Waals surface area contributed by atoms with Crippen molar-refractivity contribution in [1.29, 1.82) is 0 Å². The second-order valence-corrected chi connectivity index (χ2v) is 8.40. The minimum Gasteiger partial charge on any atom is -0.328 e. The number of fused-ring (bicyclic) bond motifs is 2. The van der Waals surface area contributed by atoms with Gasteiger partial charge in [-0.2, -0.15) is 10.1 Å². The molecular formula is C26H22N4O. The number of carbonyl (C=O) groups is 1. The molecule has 0 unspecified atom stereocenters. The zero-order valence-corrected chi connectivity index (χ0v) is 17.2. The molecule has 0 amide bonds. The molecule has 1 aliphatic carbocycles. The number of carbonyl (C=O) groups excluding carboxylic acids is 1. The first-order valence-electron chi connectivity index (χ1n) is 10.7. The van der Waals surface area contributed by atoms with E-state index in [1.807, 2.05) is 22.9 Å². The van der Waals surface area contributed by atoms with E-state index in [-0.39, 0.29) is 17.7 Å². The first-order valence-corrected chi connectivity index (χ1v) is 10.7. The van der Waals surface area contributed by atoms with Gasteiger partial charge in [-0.25, -0.2) is 4.68 Å². The second kappa shape index (κ2) is 6.91. The molecule has 0 fully saturated rings. The van der Waals surface area contributed by atoms with Gasteiger partial charge in [0, 0.05) is 17.7 Å². The molecule has 0 saturated heterocycles. The topological polar surface area (TPSA) is 59.8 Å². The van der Waals surface area contributed by atoms with E-state index < -0.39 is 0 Å². The molecule has 5 nitrogen and oxygen atoms in total. The van der Waals surface area contributed by atoms with Crippen LogP contribution in [0.3, 0.4) is 0 Å². The summed E-state index contributed by atoms with van der Waals surface area (Å²) >= 11 is 0. The van der Waals surface area contributed by atoms with Crippen LogP contribution in [0, 0.1) is 6.92 Å². The van der Waals surface area contributed by atoms with Crippen molar-refractivity contribution in [2.45, 2.75) is 31.7 Å². The average Bonchev–Trinajstić information content (AvgIpc) is 3.26. The summed E-state index contributed by atoms with van der Waals surface area (Å²) < 4.78 is 1.85. The van der Waals surface area contributed by atoms with Crippen molar-refractivity contribution in [3.8, 4) is 0 Å². The Morgan fingerprint density at radius 1 is 0.935 bits per heavy atom. The fourth-order valence-electron chi connectivity index (χ4n) is 5.19. The number of anilines is 1. The third-order valence-corrected chi connectivity index (χ3v) is 6.61. The first kappa shape index (κ1) is 18.1. The highest BCUT2D eigenvalue weighted by molar-refractivity contribution is 6.01. The average molecular weight is 406 g/mol. The van der Waals surface area contributed by atoms with Crippen LogP contribution in [-0.2, 0) is 4.79 Å². The lowest BCUT2D eigenvalue weighted by Crippen LogP contribution is -2.33. The Labute approximate surface area is 180 Å². The first-order chi connectivity index (χ1) is 15.2. The number of hydrogen-bond donors (Lipinski definition) is 1. The van der Waals surface area contributed by atoms with Gasteiger partial charge in [0.25, 0.3) is 0 Å². The van der Waals surface area contributed by atoms with E-state index in [0.29, 0.717) is 12.4 Å². The third-order valence-electron chi connectivity index (χ3n) is 6.61. The molecule has 31 heavy (non-hydrogen) atoms. The van der Waals surface area contributed by atoms with Gasteiger partial charge in [0.15, 0.2) is 5.78 Å². The molecule has 1 aliphatic heterocycles. The van der Waals surface area contributed by atoms with Crippen LogP contribution in [0.2, 0.25) is 0 Å². The Balaban J connectivity index is 1.52. The Morgan fingerprint density at radius 3 is 2.61 bits per heavy atom. The summed E-state index contributed by atoms with van der Waals surface area (Å²) in [4.78, 5) is 18.1. The Kier molecular flexibility index (Phi) is 4.03. The molecule has 152 valence electrons. The normalized spacial score (nSPS) is 20.4. The number of allylic oxidation sites excluding steroid dienone is 2. The molecule has 6 rings (SSSR count). The third kappa shape index (κ3) is 2.81. The maximum atomic E-state index is 13.6. The van der Waals surface area contributed by atoms with Crippen LogP contribution in [0.25, 0.3) is 10.8 Å². The number of nitrogens with one attached hydrogen (secondary N) is 1. The van der Waals surface area contributed by atoms with Crippen molar-refractivity contribution < 1.29 is 4.79 Å². The number of rotatable bonds is 2. The molecule has 3 aromatic carbocycles. The minimum atomic E-state index is -0.273. The zero-order chi connectivity index (χ0) is 20.9. The van der Waals surface area contributed by atoms with Crippen LogP contribution in [0.15, 0.2) is 84.3 Å². The number of aromatic nitrogens is 3. The van der Waals surface area contributed by atoms with Crippen molar-refractivity contribution in [2.24, 2.45) is 0 Å². The molecule has 0 spiro atoms. The van der Waals surface area contributed by atoms with Gasteiger partial charge in [-0.3, -0.25) is 4.79 Å². The zero-order valence-electron chi connectivity index (χ0n) is 17.2. The van der Waals surface area contributed by atoms with Crippen molar-refractivity contribution in [1.82, 2.24) is 14.8 Å². The molecule has 0 saturated carbocycles. The lowest BCUT2D eigenvalue weighted by Gasteiger charge is -2.35. The van der Waals surface area contributed by atoms with Crippen molar-refractivity contribution in [2.75, 3.05) is 5.32 Å². The van der Waals surface area contributed by atoms with Gasteiger partial charge in [-0.05, 0) is 46.7 Å². The Morgan fingerprint density at radius 2 is 1.71 bits per heavy atom. The fourth-order valence-corrected chi connectivity index (χ4v) is 5.19. The highest BCUT2D eigenvalue weighted by Crippen LogP contribution is 2.45. The van der Waals surface area contributed by atoms with Gasteiger partial charge >= 0.3 is 0 Å². The van der Waals surface area contributed by atoms with E-state index >= 15 is 0 Å². The number of hydrogen-bond acceptors (Lipinski definition) is 4. The van der Waals surface area contributed by atoms with Crippen LogP contribution in [0.4, 0.5) is 5.95 Å². The van der Waals surface area contributed by atoms with E-state index in [0.717, 1.165) is 34.0 Å². The summed E-state index contributed by atoms with van der Waals surface area (Å²) in [6, 6.07) is 22.7. The largest absolute Gasteiger partial charge is 0.328 e. The standard InChI is InChI=1S/C26H22N4O/c1-16-7-2-4-10-19(16)18-13-22-24(23(31)14-18)25(30-26(29-22)27-15-28-30)21-12-6-9-17-8-3-5-11-20(17)21/h2-12,15,18,25H,13-14H2,1H3,(H,27,28,29)/t18-,25+/m0/s1. The maximum Gasteiger partial charge on any atom is 0.226 e. The fraction of sp³-hybridized carbons (Fsp3) is 0.192. The van der Waals surface area contributed by atoms with Crippen LogP contribution in [-0.4, -0.2) is 20.5 Å². The smallest absolute Gasteiger partial charge is 0.226 e. The molecular weight excluding hydrogens is 384 g/mol. The van der Waals surface area contributed by atoms with E-state index in [4.69, 9.17) is 0 Å². The monoisotopic (exact) mass is 406 g/mol. The van der Waals surface area contributed by atoms with Gasteiger partial charge in [0.05, 0.1) is 0 Å². The van der Waals surface area contributed by atoms with Gasteiger partial charge in [0.2, 0.25) is 5.95 Å². The van der Waals surface area contributed by atoms with Crippen LogP contribution in [0.5, 0.6) is 0 Å². The maximum absolute atomic E-state index is 13.6. The minimum absolute atomic E-state index is 0.169. The van der Waals surface area contributed by atoms with E-state index in [2.05, 4.69) is 70.9 Å². The van der Waals surface area contributed by atoms with Crippen molar-refractivity contribution in [3.05, 3.63) is 101 Å². The quantitative estimate of drug-likeness (QED) is 0.500. The summed E-state index contributed by atoms with van der Waals surface area (Å²) in [6.07, 6.45) is 2.86. The molecule has 0 radical (unpaired) electrons. The molecule has 2 atom stereocenters. The summed E-state index contributed by atoms with van der Waals surface area (Å²) in [5.41, 5.74) is 5.36. The van der Waals surface area contributed by atoms with Crippen LogP contribution in [0.1, 0.15) is 41.5 Å². The van der Waals surface area contributed by atoms with Crippen molar-refractivity contribution >= 4 is 22.5 Å². The van der Waals surface area contributed by atoms with Crippen molar-refractivity contribution in [3.63, 3.8) is 0 Å². The lowest BCUT2D eigenvalue weighted by molar-refractivity contribution is -0.116. The summed E-state index contributed by atoms with van der Waals surface area (Å²) in [5, 5.41) is 10.2. The molecule has 2 aliphatic rings. The van der Waals surface area contributed by atoms with Crippen LogP contribution < -0.4 is 5.32 Å². The van der Waals surface area contributed by atoms with Crippen LogP contribution >= 0.6 is 0 Å². The number of benzene rings is 3. The molecule has 2 heterocycles. The predicted molar refractivity (Wildman–Crippen MR) is 121 cm³/mol. The number of Topliss-reactive ketones (excluding diaryl/α,β-unsaturated/α-hetero) is 1. The van der Waals surface area contributed by atoms with Gasteiger partial charge < -0.3 is 5.32 Å². The highest BCUT2D eigenvalue weighted by atomic mass is 16.1. The second-order valence-electron chi connectivity index (χ2n) is 8.40. The number of nitrogens with zero attached hydrogens (tertiary/aromatic N) is 3. The number of aryl methyl sites for hydroxylation is 1. The highest BCUT2D eigenvalue weighted by Gasteiger charge is 2.39. The molecule has 4 aromatic rings. The van der Waals surface area contributed by atoms with Gasteiger partial charge in [0.1, 0.15) is 12.4 Å². The predicted octanol–water partition coefficient (Wildman–Crippen LogP) is 5.16. The SMILES string of the molecule is Cc1ccccc1[C@@H]1CC(=O)C2=C(C1)Nc1ncnn1[C@@H]2c1cccc2ccccc12. The summed E-state index contributed by atoms with van der Waals surface area (Å²) in [7, 11) is 0. The number of ketones is 1. The van der Waals surface area contributed by atoms with Gasteiger partial charge in [-0.15, -0.1) is 0 Å². The molecule has 1 N–H and O–H groups in total. The lowest BCUT2D eigenvalue weighted by atomic mass is 9.76. The molecule has 1 aromatic heterocycles. The van der Waals surface area contributed by atoms with E-state index in [9.17, 15) is 4.79 Å². The molecule has 5 heteroatoms. The summed E-state index contributed by atoms with van der Waals surface area (Å²) in [5.74, 6) is 1.04. The van der Waals surface area contributed by atoms with Gasteiger partial charge in [-0.1, -0.05) is 66.7 Å². The Bertz CT molecular complexity index is 1360. The summed E-state index contributed by atoms with van der Waals surface area (Å²) in [6.45, 7) is 2.12. The van der Waals surface area contributed by atoms with E-state index in [1.165, 1.54) is 11.1 Å². The Hall–Kier alpha value is -3.73.